The largest absolute Gasteiger partial charge is 0.461 e. The lowest BCUT2D eigenvalue weighted by molar-refractivity contribution is -0.144. The first-order chi connectivity index (χ1) is 11.8. The molecule has 0 heterocycles. The van der Waals surface area contributed by atoms with Gasteiger partial charge in [0.15, 0.2) is 0 Å². The Bertz CT molecular complexity index is 782. The van der Waals surface area contributed by atoms with Gasteiger partial charge in [-0.25, -0.2) is 0 Å². The molecule has 3 rings (SSSR count). The van der Waals surface area contributed by atoms with E-state index in [-0.39, 0.29) is 19.0 Å². The lowest BCUT2D eigenvalue weighted by Gasteiger charge is -2.08. The summed E-state index contributed by atoms with van der Waals surface area (Å²) in [5, 5.41) is 0. The van der Waals surface area contributed by atoms with E-state index < -0.39 is 0 Å². The number of carbonyl (C=O) groups excluding carboxylic acids is 1. The summed E-state index contributed by atoms with van der Waals surface area (Å²) in [6.07, 6.45) is 0.279. The second-order valence-corrected chi connectivity index (χ2v) is 5.39. The third-order valence-corrected chi connectivity index (χ3v) is 3.47. The molecule has 3 heteroatoms. The molecule has 0 fully saturated rings. The lowest BCUT2D eigenvalue weighted by Crippen LogP contribution is -2.07. The van der Waals surface area contributed by atoms with E-state index in [9.17, 15) is 4.79 Å². The molecular formula is C21H18O3. The number of ether oxygens (including phenoxy) is 2. The summed E-state index contributed by atoms with van der Waals surface area (Å²) in [6, 6.07) is 26.7. The van der Waals surface area contributed by atoms with E-state index in [1.54, 1.807) is 0 Å². The highest BCUT2D eigenvalue weighted by molar-refractivity contribution is 5.72. The van der Waals surface area contributed by atoms with Crippen molar-refractivity contribution in [2.45, 2.75) is 13.0 Å². The maximum atomic E-state index is 11.9. The quantitative estimate of drug-likeness (QED) is 0.614. The number of esters is 1. The van der Waals surface area contributed by atoms with E-state index >= 15 is 0 Å². The molecule has 0 spiro atoms. The monoisotopic (exact) mass is 318 g/mol. The molecule has 0 aliphatic carbocycles. The minimum Gasteiger partial charge on any atom is -0.461 e. The van der Waals surface area contributed by atoms with E-state index in [2.05, 4.69) is 0 Å². The van der Waals surface area contributed by atoms with Crippen LogP contribution in [0.25, 0.3) is 0 Å². The average molecular weight is 318 g/mol. The SMILES string of the molecule is O=C(Cc1ccccc1)OCc1cccc(Oc2ccccc2)c1. The standard InChI is InChI=1S/C21H18O3/c22-21(15-17-8-3-1-4-9-17)23-16-18-10-7-13-20(14-18)24-19-11-5-2-6-12-19/h1-14H,15-16H2. The van der Waals surface area contributed by atoms with E-state index in [1.165, 1.54) is 0 Å². The van der Waals surface area contributed by atoms with E-state index in [0.29, 0.717) is 0 Å². The van der Waals surface area contributed by atoms with Gasteiger partial charge in [0.2, 0.25) is 0 Å². The Morgan fingerprint density at radius 2 is 1.33 bits per heavy atom. The zero-order valence-corrected chi connectivity index (χ0v) is 13.2. The first kappa shape index (κ1) is 15.8. The Morgan fingerprint density at radius 3 is 2.08 bits per heavy atom. The Labute approximate surface area is 141 Å². The van der Waals surface area contributed by atoms with Crippen molar-refractivity contribution in [2.75, 3.05) is 0 Å². The van der Waals surface area contributed by atoms with Crippen molar-refractivity contribution in [3.05, 3.63) is 96.1 Å². The third-order valence-electron chi connectivity index (χ3n) is 3.47. The Kier molecular flexibility index (Phi) is 5.25. The molecule has 3 aromatic carbocycles. The highest BCUT2D eigenvalue weighted by Crippen LogP contribution is 2.22. The number of benzene rings is 3. The minimum atomic E-state index is -0.240. The van der Waals surface area contributed by atoms with Crippen LogP contribution in [-0.4, -0.2) is 5.97 Å². The predicted molar refractivity (Wildman–Crippen MR) is 92.9 cm³/mol. The molecule has 0 aliphatic heterocycles. The summed E-state index contributed by atoms with van der Waals surface area (Å²) in [5.74, 6) is 1.25. The van der Waals surface area contributed by atoms with Gasteiger partial charge in [0.1, 0.15) is 18.1 Å². The molecule has 0 N–H and O–H groups in total. The Balaban J connectivity index is 1.55. The number of carbonyl (C=O) groups is 1. The van der Waals surface area contributed by atoms with Crippen molar-refractivity contribution in [2.24, 2.45) is 0 Å². The highest BCUT2D eigenvalue weighted by atomic mass is 16.5. The third kappa shape index (κ3) is 4.71. The van der Waals surface area contributed by atoms with Gasteiger partial charge < -0.3 is 9.47 Å². The predicted octanol–water partition coefficient (Wildman–Crippen LogP) is 4.76. The summed E-state index contributed by atoms with van der Waals surface area (Å²) in [6.45, 7) is 0.234. The molecule has 0 saturated heterocycles. The molecule has 0 atom stereocenters. The van der Waals surface area contributed by atoms with Gasteiger partial charge in [-0.05, 0) is 35.4 Å². The summed E-state index contributed by atoms with van der Waals surface area (Å²) < 4.78 is 11.1. The van der Waals surface area contributed by atoms with Crippen LogP contribution in [0.4, 0.5) is 0 Å². The van der Waals surface area contributed by atoms with Crippen molar-refractivity contribution in [3.8, 4) is 11.5 Å². The molecular weight excluding hydrogens is 300 g/mol. The van der Waals surface area contributed by atoms with Crippen molar-refractivity contribution in [1.29, 1.82) is 0 Å². The second kappa shape index (κ2) is 7.97. The van der Waals surface area contributed by atoms with Crippen LogP contribution in [0.2, 0.25) is 0 Å². The molecule has 0 radical (unpaired) electrons. The Morgan fingerprint density at radius 1 is 0.708 bits per heavy atom. The van der Waals surface area contributed by atoms with E-state index in [1.807, 2.05) is 84.9 Å². The summed E-state index contributed by atoms with van der Waals surface area (Å²) in [5.41, 5.74) is 1.84. The summed E-state index contributed by atoms with van der Waals surface area (Å²) >= 11 is 0. The van der Waals surface area contributed by atoms with Gasteiger partial charge in [0.05, 0.1) is 6.42 Å². The van der Waals surface area contributed by atoms with Crippen LogP contribution >= 0.6 is 0 Å². The van der Waals surface area contributed by atoms with Gasteiger partial charge in [-0.2, -0.15) is 0 Å². The lowest BCUT2D eigenvalue weighted by atomic mass is 10.1. The topological polar surface area (TPSA) is 35.5 Å². The molecule has 3 aromatic rings. The van der Waals surface area contributed by atoms with Crippen molar-refractivity contribution in [1.82, 2.24) is 0 Å². The maximum Gasteiger partial charge on any atom is 0.310 e. The van der Waals surface area contributed by atoms with Crippen LogP contribution in [0.5, 0.6) is 11.5 Å². The van der Waals surface area contributed by atoms with Crippen LogP contribution in [0.3, 0.4) is 0 Å². The molecule has 0 aromatic heterocycles. The number of hydrogen-bond acceptors (Lipinski definition) is 3. The van der Waals surface area contributed by atoms with Crippen molar-refractivity contribution in [3.63, 3.8) is 0 Å². The molecule has 0 saturated carbocycles. The van der Waals surface area contributed by atoms with Crippen LogP contribution < -0.4 is 4.74 Å². The fourth-order valence-electron chi connectivity index (χ4n) is 2.30. The number of hydrogen-bond donors (Lipinski definition) is 0. The van der Waals surface area contributed by atoms with Gasteiger partial charge in [0, 0.05) is 0 Å². The minimum absolute atomic E-state index is 0.234. The number of para-hydroxylation sites is 1. The van der Waals surface area contributed by atoms with Crippen LogP contribution in [0.1, 0.15) is 11.1 Å². The van der Waals surface area contributed by atoms with Crippen molar-refractivity contribution >= 4 is 5.97 Å². The van der Waals surface area contributed by atoms with Crippen LogP contribution in [-0.2, 0) is 22.6 Å². The maximum absolute atomic E-state index is 11.9. The number of rotatable bonds is 6. The van der Waals surface area contributed by atoms with Gasteiger partial charge in [0.25, 0.3) is 0 Å². The molecule has 120 valence electrons. The van der Waals surface area contributed by atoms with Crippen LogP contribution in [0, 0.1) is 0 Å². The first-order valence-electron chi connectivity index (χ1n) is 7.81. The van der Waals surface area contributed by atoms with Gasteiger partial charge in [-0.15, -0.1) is 0 Å². The molecule has 0 amide bonds. The normalized spacial score (nSPS) is 10.2. The molecule has 3 nitrogen and oxygen atoms in total. The fourth-order valence-corrected chi connectivity index (χ4v) is 2.30. The molecule has 0 aliphatic rings. The first-order valence-corrected chi connectivity index (χ1v) is 7.81. The molecule has 24 heavy (non-hydrogen) atoms. The molecule has 0 bridgehead atoms. The second-order valence-electron chi connectivity index (χ2n) is 5.39. The summed E-state index contributed by atoms with van der Waals surface area (Å²) in [4.78, 5) is 11.9. The van der Waals surface area contributed by atoms with Gasteiger partial charge in [-0.3, -0.25) is 4.79 Å². The Hall–Kier alpha value is -3.07. The smallest absolute Gasteiger partial charge is 0.310 e. The van der Waals surface area contributed by atoms with E-state index in [0.717, 1.165) is 22.6 Å². The highest BCUT2D eigenvalue weighted by Gasteiger charge is 2.06. The van der Waals surface area contributed by atoms with E-state index in [4.69, 9.17) is 9.47 Å². The van der Waals surface area contributed by atoms with Crippen LogP contribution in [0.15, 0.2) is 84.9 Å². The summed E-state index contributed by atoms with van der Waals surface area (Å²) in [7, 11) is 0. The fraction of sp³-hybridized carbons (Fsp3) is 0.0952. The average Bonchev–Trinajstić information content (AvgIpc) is 2.62. The molecule has 0 unspecified atom stereocenters. The zero-order chi connectivity index (χ0) is 16.6. The zero-order valence-electron chi connectivity index (χ0n) is 13.2. The van der Waals surface area contributed by atoms with Crippen molar-refractivity contribution < 1.29 is 14.3 Å². The van der Waals surface area contributed by atoms with Gasteiger partial charge in [-0.1, -0.05) is 60.7 Å². The van der Waals surface area contributed by atoms with Gasteiger partial charge >= 0.3 is 5.97 Å².